The predicted molar refractivity (Wildman–Crippen MR) is 47.1 cm³/mol. The highest BCUT2D eigenvalue weighted by molar-refractivity contribution is 5.10. The molecule has 0 unspecified atom stereocenters. The van der Waals surface area contributed by atoms with E-state index in [1.54, 1.807) is 0 Å². The van der Waals surface area contributed by atoms with E-state index >= 15 is 0 Å². The van der Waals surface area contributed by atoms with Crippen molar-refractivity contribution >= 4 is 0 Å². The fourth-order valence-electron chi connectivity index (χ4n) is 0.944. The van der Waals surface area contributed by atoms with Crippen LogP contribution in [0.3, 0.4) is 0 Å². The van der Waals surface area contributed by atoms with E-state index in [2.05, 4.69) is 31.0 Å². The van der Waals surface area contributed by atoms with E-state index in [4.69, 9.17) is 0 Å². The summed E-state index contributed by atoms with van der Waals surface area (Å²) in [6.45, 7) is 4.34. The number of nitrogens with zero attached hydrogens (tertiary/aromatic N) is 1. The van der Waals surface area contributed by atoms with E-state index in [0.717, 1.165) is 6.42 Å². The molecule has 1 rings (SSSR count). The van der Waals surface area contributed by atoms with Crippen LogP contribution in [0.4, 0.5) is 0 Å². The van der Waals surface area contributed by atoms with Crippen molar-refractivity contribution in [1.29, 1.82) is 0 Å². The van der Waals surface area contributed by atoms with Gasteiger partial charge in [0.25, 0.3) is 0 Å². The Morgan fingerprint density at radius 1 is 1.27 bits per heavy atom. The Kier molecular flexibility index (Phi) is 3.09. The van der Waals surface area contributed by atoms with Gasteiger partial charge >= 0.3 is 0 Å². The average Bonchev–Trinajstić information content (AvgIpc) is 2.03. The molecule has 0 bridgehead atoms. The molecule has 1 aromatic heterocycles. The molecule has 1 radical (unpaired) electrons. The summed E-state index contributed by atoms with van der Waals surface area (Å²) in [7, 11) is 0. The van der Waals surface area contributed by atoms with Crippen LogP contribution in [0.1, 0.15) is 25.8 Å². The lowest BCUT2D eigenvalue weighted by molar-refractivity contribution is 0.830. The van der Waals surface area contributed by atoms with Crippen LogP contribution < -0.4 is 0 Å². The molecular weight excluding hydrogens is 134 g/mol. The smallest absolute Gasteiger partial charge is 0.0270 e. The first-order valence-corrected chi connectivity index (χ1v) is 3.97. The molecule has 0 atom stereocenters. The van der Waals surface area contributed by atoms with Crippen molar-refractivity contribution < 1.29 is 0 Å². The average molecular weight is 148 g/mol. The van der Waals surface area contributed by atoms with Crippen LogP contribution in [-0.4, -0.2) is 4.98 Å². The number of hydrogen-bond donors (Lipinski definition) is 0. The van der Waals surface area contributed by atoms with Gasteiger partial charge in [0.05, 0.1) is 0 Å². The van der Waals surface area contributed by atoms with Crippen molar-refractivity contribution in [3.05, 3.63) is 36.0 Å². The van der Waals surface area contributed by atoms with Gasteiger partial charge in [-0.1, -0.05) is 13.8 Å². The van der Waals surface area contributed by atoms with Crippen molar-refractivity contribution in [2.24, 2.45) is 0 Å². The number of aryl methyl sites for hydroxylation is 1. The SMILES string of the molecule is C[C](C)CCc1ccncc1. The van der Waals surface area contributed by atoms with Crippen LogP contribution >= 0.6 is 0 Å². The van der Waals surface area contributed by atoms with Crippen LogP contribution in [0, 0.1) is 5.92 Å². The number of aromatic nitrogens is 1. The van der Waals surface area contributed by atoms with E-state index in [0.29, 0.717) is 0 Å². The Balaban J connectivity index is 2.39. The second-order valence-corrected chi connectivity index (χ2v) is 3.06. The lowest BCUT2D eigenvalue weighted by Crippen LogP contribution is -1.89. The summed E-state index contributed by atoms with van der Waals surface area (Å²) < 4.78 is 0. The molecule has 0 aliphatic heterocycles. The summed E-state index contributed by atoms with van der Waals surface area (Å²) in [5, 5.41) is 0. The molecule has 0 saturated carbocycles. The normalized spacial score (nSPS) is 10.5. The third-order valence-electron chi connectivity index (χ3n) is 1.66. The van der Waals surface area contributed by atoms with E-state index in [1.807, 2.05) is 12.4 Å². The molecular formula is C10H14N. The fraction of sp³-hybridized carbons (Fsp3) is 0.400. The zero-order chi connectivity index (χ0) is 8.10. The van der Waals surface area contributed by atoms with E-state index in [1.165, 1.54) is 17.9 Å². The third-order valence-corrected chi connectivity index (χ3v) is 1.66. The molecule has 0 aromatic carbocycles. The largest absolute Gasteiger partial charge is 0.265 e. The van der Waals surface area contributed by atoms with E-state index in [-0.39, 0.29) is 0 Å². The van der Waals surface area contributed by atoms with Gasteiger partial charge in [-0.15, -0.1) is 0 Å². The summed E-state index contributed by atoms with van der Waals surface area (Å²) in [6, 6.07) is 4.14. The number of rotatable bonds is 3. The Bertz CT molecular complexity index is 191. The maximum absolute atomic E-state index is 3.97. The molecule has 59 valence electrons. The highest BCUT2D eigenvalue weighted by Gasteiger charge is 1.95. The molecule has 0 N–H and O–H groups in total. The Morgan fingerprint density at radius 3 is 2.45 bits per heavy atom. The molecule has 1 heteroatoms. The van der Waals surface area contributed by atoms with Crippen molar-refractivity contribution in [2.75, 3.05) is 0 Å². The summed E-state index contributed by atoms with van der Waals surface area (Å²) in [5.41, 5.74) is 1.38. The minimum Gasteiger partial charge on any atom is -0.265 e. The van der Waals surface area contributed by atoms with E-state index in [9.17, 15) is 0 Å². The monoisotopic (exact) mass is 148 g/mol. The summed E-state index contributed by atoms with van der Waals surface area (Å²) in [6.07, 6.45) is 6.02. The maximum Gasteiger partial charge on any atom is 0.0270 e. The van der Waals surface area contributed by atoms with Crippen LogP contribution in [0.15, 0.2) is 24.5 Å². The molecule has 0 amide bonds. The lowest BCUT2D eigenvalue weighted by Gasteiger charge is -2.02. The molecule has 1 aromatic rings. The summed E-state index contributed by atoms with van der Waals surface area (Å²) >= 11 is 0. The minimum absolute atomic E-state index is 1.14. The highest BCUT2D eigenvalue weighted by Crippen LogP contribution is 2.08. The Morgan fingerprint density at radius 2 is 1.91 bits per heavy atom. The van der Waals surface area contributed by atoms with Gasteiger partial charge in [-0.05, 0) is 36.5 Å². The third kappa shape index (κ3) is 3.17. The van der Waals surface area contributed by atoms with E-state index < -0.39 is 0 Å². The van der Waals surface area contributed by atoms with Gasteiger partial charge in [-0.25, -0.2) is 0 Å². The van der Waals surface area contributed by atoms with Gasteiger partial charge in [-0.3, -0.25) is 4.98 Å². The maximum atomic E-state index is 3.97. The zero-order valence-electron chi connectivity index (χ0n) is 7.17. The highest BCUT2D eigenvalue weighted by atomic mass is 14.6. The van der Waals surface area contributed by atoms with Gasteiger partial charge in [0, 0.05) is 12.4 Å². The molecule has 1 heterocycles. The Hall–Kier alpha value is -0.850. The van der Waals surface area contributed by atoms with Crippen LogP contribution in [-0.2, 0) is 6.42 Å². The molecule has 0 spiro atoms. The lowest BCUT2D eigenvalue weighted by atomic mass is 10.0. The Labute approximate surface area is 68.5 Å². The zero-order valence-corrected chi connectivity index (χ0v) is 7.17. The molecule has 0 aliphatic rings. The van der Waals surface area contributed by atoms with Crippen LogP contribution in [0.2, 0.25) is 0 Å². The van der Waals surface area contributed by atoms with Gasteiger partial charge in [0.2, 0.25) is 0 Å². The summed E-state index contributed by atoms with van der Waals surface area (Å²) in [5.74, 6) is 1.49. The quantitative estimate of drug-likeness (QED) is 0.642. The molecule has 0 aliphatic carbocycles. The second-order valence-electron chi connectivity index (χ2n) is 3.06. The number of hydrogen-bond acceptors (Lipinski definition) is 1. The minimum atomic E-state index is 1.14. The molecule has 1 nitrogen and oxygen atoms in total. The predicted octanol–water partition coefficient (Wildman–Crippen LogP) is 2.63. The van der Waals surface area contributed by atoms with Crippen LogP contribution in [0.25, 0.3) is 0 Å². The van der Waals surface area contributed by atoms with Crippen molar-refractivity contribution in [3.8, 4) is 0 Å². The first-order valence-electron chi connectivity index (χ1n) is 3.97. The first kappa shape index (κ1) is 8.25. The van der Waals surface area contributed by atoms with Gasteiger partial charge in [0.1, 0.15) is 0 Å². The van der Waals surface area contributed by atoms with Crippen molar-refractivity contribution in [1.82, 2.24) is 4.98 Å². The van der Waals surface area contributed by atoms with Gasteiger partial charge < -0.3 is 0 Å². The standard InChI is InChI=1S/C10H14N/c1-9(2)3-4-10-5-7-11-8-6-10/h5-8H,3-4H2,1-2H3. The van der Waals surface area contributed by atoms with Gasteiger partial charge in [0.15, 0.2) is 0 Å². The van der Waals surface area contributed by atoms with Crippen LogP contribution in [0.5, 0.6) is 0 Å². The second kappa shape index (κ2) is 4.12. The number of pyridine rings is 1. The summed E-state index contributed by atoms with van der Waals surface area (Å²) in [4.78, 5) is 3.97. The van der Waals surface area contributed by atoms with Gasteiger partial charge in [-0.2, -0.15) is 0 Å². The molecule has 11 heavy (non-hydrogen) atoms. The topological polar surface area (TPSA) is 12.9 Å². The fourth-order valence-corrected chi connectivity index (χ4v) is 0.944. The van der Waals surface area contributed by atoms with Crippen molar-refractivity contribution in [2.45, 2.75) is 26.7 Å². The molecule has 0 fully saturated rings. The van der Waals surface area contributed by atoms with Crippen molar-refractivity contribution in [3.63, 3.8) is 0 Å². The molecule has 0 saturated heterocycles. The first-order chi connectivity index (χ1) is 5.29.